The molecule has 0 spiro atoms. The summed E-state index contributed by atoms with van der Waals surface area (Å²) < 4.78 is 16.0. The maximum absolute atomic E-state index is 12.4. The van der Waals surface area contributed by atoms with Gasteiger partial charge in [0.1, 0.15) is 5.75 Å². The average Bonchev–Trinajstić information content (AvgIpc) is 3.28. The average molecular weight is 467 g/mol. The standard InChI is InChI=1S/C24H25N3O7/c1-24(2,11-12-33-18-9-7-15(8-10-18)22(30)31)27-21(29)20(28)26-17-6-4-5-16(13-17)19-14-25-23(32-3)34-19/h4-10,13-14H,11-12H2,1-3H3,(H,26,28)(H,27,29)(H,30,31). The molecule has 2 amide bonds. The highest BCUT2D eigenvalue weighted by Crippen LogP contribution is 2.25. The molecular weight excluding hydrogens is 442 g/mol. The van der Waals surface area contributed by atoms with Gasteiger partial charge in [-0.25, -0.2) is 4.79 Å². The number of carboxylic acids is 1. The van der Waals surface area contributed by atoms with Crippen molar-refractivity contribution in [1.29, 1.82) is 0 Å². The molecule has 0 bridgehead atoms. The number of carbonyl (C=O) groups excluding carboxylic acids is 2. The Morgan fingerprint density at radius 1 is 1.09 bits per heavy atom. The third kappa shape index (κ3) is 6.58. The summed E-state index contributed by atoms with van der Waals surface area (Å²) in [5.74, 6) is -1.66. The van der Waals surface area contributed by atoms with Crippen LogP contribution in [0, 0.1) is 0 Å². The van der Waals surface area contributed by atoms with Crippen LogP contribution < -0.4 is 20.1 Å². The molecule has 10 heteroatoms. The number of methoxy groups -OCH3 is 1. The summed E-state index contributed by atoms with van der Waals surface area (Å²) in [6.07, 6.45) is 2.03. The SMILES string of the molecule is COc1ncc(-c2cccc(NC(=O)C(=O)NC(C)(C)CCOc3ccc(C(=O)O)cc3)c2)o1. The number of hydrogen-bond acceptors (Lipinski definition) is 7. The van der Waals surface area contributed by atoms with E-state index in [-0.39, 0.29) is 18.2 Å². The van der Waals surface area contributed by atoms with Gasteiger partial charge in [0.25, 0.3) is 0 Å². The molecule has 0 radical (unpaired) electrons. The number of oxazole rings is 1. The molecule has 178 valence electrons. The fourth-order valence-corrected chi connectivity index (χ4v) is 2.97. The third-order valence-corrected chi connectivity index (χ3v) is 4.82. The Balaban J connectivity index is 1.51. The maximum atomic E-state index is 12.4. The topological polar surface area (TPSA) is 140 Å². The summed E-state index contributed by atoms with van der Waals surface area (Å²) in [6.45, 7) is 3.80. The molecule has 1 aromatic heterocycles. The van der Waals surface area contributed by atoms with Gasteiger partial charge in [-0.15, -0.1) is 0 Å². The van der Waals surface area contributed by atoms with Crippen molar-refractivity contribution in [2.75, 3.05) is 19.0 Å². The lowest BCUT2D eigenvalue weighted by molar-refractivity contribution is -0.137. The zero-order chi connectivity index (χ0) is 24.7. The van der Waals surface area contributed by atoms with Gasteiger partial charge in [0.15, 0.2) is 5.76 Å². The monoisotopic (exact) mass is 467 g/mol. The lowest BCUT2D eigenvalue weighted by Gasteiger charge is -2.26. The summed E-state index contributed by atoms with van der Waals surface area (Å²) in [5, 5.41) is 14.2. The number of anilines is 1. The summed E-state index contributed by atoms with van der Waals surface area (Å²) in [6, 6.07) is 12.8. The molecule has 0 atom stereocenters. The van der Waals surface area contributed by atoms with E-state index in [9.17, 15) is 14.4 Å². The molecule has 3 rings (SSSR count). The molecule has 34 heavy (non-hydrogen) atoms. The predicted octanol–water partition coefficient (Wildman–Crippen LogP) is 3.35. The van der Waals surface area contributed by atoms with Crippen LogP contribution >= 0.6 is 0 Å². The normalized spacial score (nSPS) is 10.9. The van der Waals surface area contributed by atoms with Crippen LogP contribution in [0.1, 0.15) is 30.6 Å². The highest BCUT2D eigenvalue weighted by molar-refractivity contribution is 6.39. The van der Waals surface area contributed by atoms with E-state index in [0.29, 0.717) is 29.2 Å². The number of rotatable bonds is 9. The van der Waals surface area contributed by atoms with Crippen molar-refractivity contribution >= 4 is 23.5 Å². The first-order valence-corrected chi connectivity index (χ1v) is 10.4. The Morgan fingerprint density at radius 3 is 2.47 bits per heavy atom. The summed E-state index contributed by atoms with van der Waals surface area (Å²) in [4.78, 5) is 39.7. The Bertz CT molecular complexity index is 1170. The Hall–Kier alpha value is -4.34. The van der Waals surface area contributed by atoms with Crippen molar-refractivity contribution in [1.82, 2.24) is 10.3 Å². The first kappa shape index (κ1) is 24.3. The number of nitrogens with zero attached hydrogens (tertiary/aromatic N) is 1. The van der Waals surface area contributed by atoms with Crippen LogP contribution in [0.4, 0.5) is 5.69 Å². The predicted molar refractivity (Wildman–Crippen MR) is 123 cm³/mol. The highest BCUT2D eigenvalue weighted by atomic mass is 16.6. The van der Waals surface area contributed by atoms with Gasteiger partial charge in [-0.2, -0.15) is 4.98 Å². The fourth-order valence-electron chi connectivity index (χ4n) is 2.97. The molecule has 0 unspecified atom stereocenters. The lowest BCUT2D eigenvalue weighted by atomic mass is 10.0. The second-order valence-electron chi connectivity index (χ2n) is 8.00. The van der Waals surface area contributed by atoms with Crippen molar-refractivity contribution in [2.45, 2.75) is 25.8 Å². The number of carboxylic acid groups (broad SMARTS) is 1. The molecule has 0 fully saturated rings. The van der Waals surface area contributed by atoms with E-state index in [1.54, 1.807) is 50.2 Å². The van der Waals surface area contributed by atoms with Crippen LogP contribution in [0.25, 0.3) is 11.3 Å². The first-order valence-electron chi connectivity index (χ1n) is 10.4. The highest BCUT2D eigenvalue weighted by Gasteiger charge is 2.25. The second kappa shape index (κ2) is 10.5. The van der Waals surface area contributed by atoms with E-state index < -0.39 is 23.3 Å². The molecule has 3 aromatic rings. The molecule has 3 N–H and O–H groups in total. The third-order valence-electron chi connectivity index (χ3n) is 4.82. The van der Waals surface area contributed by atoms with Crippen LogP contribution in [-0.4, -0.2) is 47.1 Å². The number of hydrogen-bond donors (Lipinski definition) is 3. The van der Waals surface area contributed by atoms with Gasteiger partial charge in [0.2, 0.25) is 0 Å². The van der Waals surface area contributed by atoms with Crippen molar-refractivity contribution < 1.29 is 33.4 Å². The first-order chi connectivity index (χ1) is 16.2. The van der Waals surface area contributed by atoms with Crippen molar-refractivity contribution in [3.05, 3.63) is 60.3 Å². The molecule has 0 aliphatic heterocycles. The van der Waals surface area contributed by atoms with E-state index in [2.05, 4.69) is 15.6 Å². The summed E-state index contributed by atoms with van der Waals surface area (Å²) in [5.41, 5.74) is 0.507. The molecule has 1 heterocycles. The zero-order valence-corrected chi connectivity index (χ0v) is 19.0. The second-order valence-corrected chi connectivity index (χ2v) is 8.00. The minimum Gasteiger partial charge on any atom is -0.494 e. The van der Waals surface area contributed by atoms with Gasteiger partial charge in [0, 0.05) is 23.2 Å². The molecule has 0 saturated heterocycles. The van der Waals surface area contributed by atoms with Gasteiger partial charge < -0.3 is 29.6 Å². The number of nitrogens with one attached hydrogen (secondary N) is 2. The quantitative estimate of drug-likeness (QED) is 0.407. The van der Waals surface area contributed by atoms with Crippen LogP contribution in [0.3, 0.4) is 0 Å². The van der Waals surface area contributed by atoms with Crippen molar-refractivity contribution in [3.8, 4) is 23.1 Å². The van der Waals surface area contributed by atoms with E-state index in [1.165, 1.54) is 25.4 Å². The Labute approximate surface area is 195 Å². The van der Waals surface area contributed by atoms with Crippen molar-refractivity contribution in [3.63, 3.8) is 0 Å². The molecular formula is C24H25N3O7. The summed E-state index contributed by atoms with van der Waals surface area (Å²) in [7, 11) is 1.44. The van der Waals surface area contributed by atoms with E-state index in [0.717, 1.165) is 0 Å². The van der Waals surface area contributed by atoms with Crippen LogP contribution in [-0.2, 0) is 9.59 Å². The molecule has 0 aliphatic rings. The minimum absolute atomic E-state index is 0.118. The molecule has 0 aliphatic carbocycles. The van der Waals surface area contributed by atoms with Gasteiger partial charge >= 0.3 is 23.9 Å². The van der Waals surface area contributed by atoms with Gasteiger partial charge in [-0.3, -0.25) is 9.59 Å². The number of aromatic nitrogens is 1. The number of benzene rings is 2. The maximum Gasteiger partial charge on any atom is 0.393 e. The van der Waals surface area contributed by atoms with E-state index >= 15 is 0 Å². The van der Waals surface area contributed by atoms with E-state index in [4.69, 9.17) is 19.0 Å². The number of carbonyl (C=O) groups is 3. The van der Waals surface area contributed by atoms with E-state index in [1.807, 2.05) is 0 Å². The minimum atomic E-state index is -1.02. The number of amides is 2. The van der Waals surface area contributed by atoms with Gasteiger partial charge in [0.05, 0.1) is 25.5 Å². The van der Waals surface area contributed by atoms with Crippen LogP contribution in [0.15, 0.2) is 59.1 Å². The van der Waals surface area contributed by atoms with Crippen LogP contribution in [0.2, 0.25) is 0 Å². The summed E-state index contributed by atoms with van der Waals surface area (Å²) >= 11 is 0. The largest absolute Gasteiger partial charge is 0.494 e. The van der Waals surface area contributed by atoms with Crippen molar-refractivity contribution in [2.24, 2.45) is 0 Å². The Kier molecular flexibility index (Phi) is 7.52. The lowest BCUT2D eigenvalue weighted by Crippen LogP contribution is -2.48. The Morgan fingerprint density at radius 2 is 1.82 bits per heavy atom. The van der Waals surface area contributed by atoms with Crippen LogP contribution in [0.5, 0.6) is 11.8 Å². The zero-order valence-electron chi connectivity index (χ0n) is 19.0. The molecule has 10 nitrogen and oxygen atoms in total. The molecule has 2 aromatic carbocycles. The molecule has 0 saturated carbocycles. The fraction of sp³-hybridized carbons (Fsp3) is 0.250. The smallest absolute Gasteiger partial charge is 0.393 e. The van der Waals surface area contributed by atoms with Gasteiger partial charge in [-0.1, -0.05) is 12.1 Å². The number of aromatic carboxylic acids is 1. The van der Waals surface area contributed by atoms with Gasteiger partial charge in [-0.05, 0) is 50.2 Å². The number of ether oxygens (including phenoxy) is 2.